The highest BCUT2D eigenvalue weighted by Crippen LogP contribution is 2.42. The van der Waals surface area contributed by atoms with Gasteiger partial charge in [0.1, 0.15) is 0 Å². The Labute approximate surface area is 125 Å². The lowest BCUT2D eigenvalue weighted by atomic mass is 10.0. The number of hydrogen-bond acceptors (Lipinski definition) is 5. The number of hydrogen-bond donors (Lipinski definition) is 1. The maximum Gasteiger partial charge on any atom is 0.0959 e. The molecule has 0 bridgehead atoms. The molecule has 4 nitrogen and oxygen atoms in total. The molecule has 1 aromatic heterocycles. The van der Waals surface area contributed by atoms with Crippen LogP contribution in [0.15, 0.2) is 6.20 Å². The SMILES string of the molecule is CN1CCC(N(CCO)Cc2cnc(C3CC3)s2)CC1. The molecule has 3 rings (SSSR count). The lowest BCUT2D eigenvalue weighted by Crippen LogP contribution is -2.44. The zero-order valence-corrected chi connectivity index (χ0v) is 13.1. The first-order valence-corrected chi connectivity index (χ1v) is 8.56. The van der Waals surface area contributed by atoms with Crippen molar-refractivity contribution < 1.29 is 5.11 Å². The van der Waals surface area contributed by atoms with Crippen molar-refractivity contribution >= 4 is 11.3 Å². The van der Waals surface area contributed by atoms with E-state index < -0.39 is 0 Å². The molecular formula is C15H25N3OS. The molecule has 5 heteroatoms. The largest absolute Gasteiger partial charge is 0.395 e. The van der Waals surface area contributed by atoms with Gasteiger partial charge in [0.15, 0.2) is 0 Å². The Bertz CT molecular complexity index is 425. The Morgan fingerprint density at radius 1 is 1.35 bits per heavy atom. The number of aromatic nitrogens is 1. The summed E-state index contributed by atoms with van der Waals surface area (Å²) >= 11 is 1.88. The van der Waals surface area contributed by atoms with Gasteiger partial charge >= 0.3 is 0 Å². The lowest BCUT2D eigenvalue weighted by Gasteiger charge is -2.36. The molecule has 2 fully saturated rings. The lowest BCUT2D eigenvalue weighted by molar-refractivity contribution is 0.0949. The van der Waals surface area contributed by atoms with Crippen LogP contribution in [0.2, 0.25) is 0 Å². The van der Waals surface area contributed by atoms with Crippen molar-refractivity contribution in [2.24, 2.45) is 0 Å². The van der Waals surface area contributed by atoms with Crippen LogP contribution in [0.25, 0.3) is 0 Å². The second-order valence-electron chi connectivity index (χ2n) is 6.17. The van der Waals surface area contributed by atoms with Crippen LogP contribution < -0.4 is 0 Å². The van der Waals surface area contributed by atoms with Gasteiger partial charge < -0.3 is 10.0 Å². The number of thiazole rings is 1. The fourth-order valence-electron chi connectivity index (χ4n) is 2.99. The number of aliphatic hydroxyl groups excluding tert-OH is 1. The molecule has 2 aliphatic rings. The van der Waals surface area contributed by atoms with E-state index in [-0.39, 0.29) is 6.61 Å². The normalized spacial score (nSPS) is 21.8. The average Bonchev–Trinajstić information content (AvgIpc) is 3.20. The number of likely N-dealkylation sites (tertiary alicyclic amines) is 1. The third-order valence-electron chi connectivity index (χ3n) is 4.45. The van der Waals surface area contributed by atoms with E-state index in [9.17, 15) is 5.11 Å². The molecule has 1 aromatic rings. The number of piperidine rings is 1. The number of nitrogens with zero attached hydrogens (tertiary/aromatic N) is 3. The summed E-state index contributed by atoms with van der Waals surface area (Å²) in [5.74, 6) is 0.753. The van der Waals surface area contributed by atoms with E-state index in [1.54, 1.807) is 0 Å². The molecule has 1 saturated carbocycles. The highest BCUT2D eigenvalue weighted by atomic mass is 32.1. The third kappa shape index (κ3) is 3.58. The molecule has 112 valence electrons. The molecule has 20 heavy (non-hydrogen) atoms. The maximum atomic E-state index is 9.34. The van der Waals surface area contributed by atoms with Gasteiger partial charge in [-0.05, 0) is 45.8 Å². The third-order valence-corrected chi connectivity index (χ3v) is 5.59. The van der Waals surface area contributed by atoms with Crippen molar-refractivity contribution in [3.05, 3.63) is 16.1 Å². The van der Waals surface area contributed by atoms with E-state index in [1.165, 1.54) is 48.7 Å². The Morgan fingerprint density at radius 3 is 2.75 bits per heavy atom. The minimum absolute atomic E-state index is 0.251. The van der Waals surface area contributed by atoms with Crippen LogP contribution in [-0.2, 0) is 6.54 Å². The van der Waals surface area contributed by atoms with Crippen LogP contribution in [0.1, 0.15) is 41.5 Å². The van der Waals surface area contributed by atoms with Crippen LogP contribution in [0.3, 0.4) is 0 Å². The molecule has 0 aromatic carbocycles. The van der Waals surface area contributed by atoms with Gasteiger partial charge in [-0.1, -0.05) is 0 Å². The summed E-state index contributed by atoms with van der Waals surface area (Å²) in [6, 6.07) is 0.616. The quantitative estimate of drug-likeness (QED) is 0.870. The predicted octanol–water partition coefficient (Wildman–Crippen LogP) is 1.91. The van der Waals surface area contributed by atoms with Crippen LogP contribution in [-0.4, -0.2) is 59.2 Å². The number of aliphatic hydroxyl groups is 1. The molecule has 1 aliphatic heterocycles. The minimum atomic E-state index is 0.251. The van der Waals surface area contributed by atoms with Crippen molar-refractivity contribution in [3.8, 4) is 0 Å². The van der Waals surface area contributed by atoms with Gasteiger partial charge in [-0.15, -0.1) is 11.3 Å². The molecule has 2 heterocycles. The van der Waals surface area contributed by atoms with Crippen molar-refractivity contribution in [1.29, 1.82) is 0 Å². The van der Waals surface area contributed by atoms with E-state index >= 15 is 0 Å². The Balaban J connectivity index is 1.60. The fraction of sp³-hybridized carbons (Fsp3) is 0.800. The van der Waals surface area contributed by atoms with E-state index in [4.69, 9.17) is 0 Å². The summed E-state index contributed by atoms with van der Waals surface area (Å²) in [6.07, 6.45) is 7.12. The number of rotatable bonds is 6. The van der Waals surface area contributed by atoms with Crippen molar-refractivity contribution in [2.45, 2.75) is 44.2 Å². The topological polar surface area (TPSA) is 39.6 Å². The molecule has 1 aliphatic carbocycles. The van der Waals surface area contributed by atoms with Crippen LogP contribution in [0, 0.1) is 0 Å². The molecule has 0 spiro atoms. The molecular weight excluding hydrogens is 270 g/mol. The van der Waals surface area contributed by atoms with E-state index in [1.807, 2.05) is 11.3 Å². The second kappa shape index (κ2) is 6.52. The standard InChI is InChI=1S/C15H25N3OS/c1-17-6-4-13(5-7-17)18(8-9-19)11-14-10-16-15(20-14)12-2-3-12/h10,12-13,19H,2-9,11H2,1H3. The summed E-state index contributed by atoms with van der Waals surface area (Å²) in [5, 5.41) is 10.7. The smallest absolute Gasteiger partial charge is 0.0959 e. The summed E-state index contributed by atoms with van der Waals surface area (Å²) in [5.41, 5.74) is 0. The van der Waals surface area contributed by atoms with Gasteiger partial charge in [-0.25, -0.2) is 4.98 Å². The molecule has 1 saturated heterocycles. The van der Waals surface area contributed by atoms with Crippen LogP contribution in [0.5, 0.6) is 0 Å². The second-order valence-corrected chi connectivity index (χ2v) is 7.31. The van der Waals surface area contributed by atoms with Gasteiger partial charge in [0.25, 0.3) is 0 Å². The van der Waals surface area contributed by atoms with Crippen LogP contribution >= 0.6 is 11.3 Å². The fourth-order valence-corrected chi connectivity index (χ4v) is 4.11. The first-order chi connectivity index (χ1) is 9.76. The van der Waals surface area contributed by atoms with Crippen molar-refractivity contribution in [2.75, 3.05) is 33.3 Å². The van der Waals surface area contributed by atoms with Gasteiger partial charge in [-0.2, -0.15) is 0 Å². The zero-order valence-electron chi connectivity index (χ0n) is 12.3. The van der Waals surface area contributed by atoms with Gasteiger partial charge in [0, 0.05) is 36.1 Å². The first-order valence-electron chi connectivity index (χ1n) is 7.74. The Kier molecular flexibility index (Phi) is 4.71. The summed E-state index contributed by atoms with van der Waals surface area (Å²) < 4.78 is 0. The van der Waals surface area contributed by atoms with Gasteiger partial charge in [-0.3, -0.25) is 4.90 Å². The summed E-state index contributed by atoms with van der Waals surface area (Å²) in [6.45, 7) is 4.33. The first kappa shape index (κ1) is 14.4. The Morgan fingerprint density at radius 2 is 2.10 bits per heavy atom. The molecule has 1 N–H and O–H groups in total. The Hall–Kier alpha value is -0.490. The van der Waals surface area contributed by atoms with E-state index in [0.717, 1.165) is 19.0 Å². The van der Waals surface area contributed by atoms with Gasteiger partial charge in [0.2, 0.25) is 0 Å². The maximum absolute atomic E-state index is 9.34. The van der Waals surface area contributed by atoms with Gasteiger partial charge in [0.05, 0.1) is 11.6 Å². The molecule has 0 amide bonds. The molecule has 0 atom stereocenters. The summed E-state index contributed by atoms with van der Waals surface area (Å²) in [4.78, 5) is 10.8. The monoisotopic (exact) mass is 295 g/mol. The molecule has 0 radical (unpaired) electrons. The highest BCUT2D eigenvalue weighted by Gasteiger charge is 2.28. The average molecular weight is 295 g/mol. The summed E-state index contributed by atoms with van der Waals surface area (Å²) in [7, 11) is 2.19. The van der Waals surface area contributed by atoms with E-state index in [2.05, 4.69) is 28.0 Å². The van der Waals surface area contributed by atoms with E-state index in [0.29, 0.717) is 6.04 Å². The predicted molar refractivity (Wildman–Crippen MR) is 82.1 cm³/mol. The van der Waals surface area contributed by atoms with Crippen molar-refractivity contribution in [3.63, 3.8) is 0 Å². The zero-order chi connectivity index (χ0) is 13.9. The van der Waals surface area contributed by atoms with Crippen LogP contribution in [0.4, 0.5) is 0 Å². The van der Waals surface area contributed by atoms with Crippen molar-refractivity contribution in [1.82, 2.24) is 14.8 Å². The molecule has 0 unspecified atom stereocenters. The highest BCUT2D eigenvalue weighted by molar-refractivity contribution is 7.11. The minimum Gasteiger partial charge on any atom is -0.395 e.